The summed E-state index contributed by atoms with van der Waals surface area (Å²) in [7, 11) is 0. The summed E-state index contributed by atoms with van der Waals surface area (Å²) < 4.78 is 118. The Morgan fingerprint density at radius 1 is 0.786 bits per heavy atom. The second-order valence-electron chi connectivity index (χ2n) is 11.9. The van der Waals surface area contributed by atoms with Gasteiger partial charge in [0.15, 0.2) is 23.7 Å². The molecule has 2 aromatic carbocycles. The summed E-state index contributed by atoms with van der Waals surface area (Å²) >= 11 is 0. The molecule has 0 amide bonds. The van der Waals surface area contributed by atoms with Gasteiger partial charge in [0.05, 0.1) is 19.1 Å². The van der Waals surface area contributed by atoms with Gasteiger partial charge in [-0.2, -0.15) is 17.6 Å². The SMILES string of the molecule is CC1CCC(C2COC(c3ccc(C4CCC(C(F)(F)Oc5cc(F)c(OC(F)F)c(F)c5)CC4)c(F)c3)OC2)CC1. The zero-order valence-corrected chi connectivity index (χ0v) is 23.3. The van der Waals surface area contributed by atoms with E-state index < -0.39 is 53.9 Å². The van der Waals surface area contributed by atoms with Crippen LogP contribution in [0, 0.1) is 41.1 Å². The molecule has 11 heteroatoms. The highest BCUT2D eigenvalue weighted by Gasteiger charge is 2.45. The lowest BCUT2D eigenvalue weighted by Crippen LogP contribution is -2.37. The summed E-state index contributed by atoms with van der Waals surface area (Å²) in [5, 5.41) is 0. The van der Waals surface area contributed by atoms with E-state index in [1.807, 2.05) is 0 Å². The second kappa shape index (κ2) is 13.0. The molecule has 1 saturated heterocycles. The molecule has 3 aliphatic rings. The predicted molar refractivity (Wildman–Crippen MR) is 139 cm³/mol. The zero-order valence-electron chi connectivity index (χ0n) is 23.3. The van der Waals surface area contributed by atoms with Gasteiger partial charge < -0.3 is 18.9 Å². The maximum Gasteiger partial charge on any atom is 0.400 e. The largest absolute Gasteiger partial charge is 0.432 e. The standard InChI is InChI=1S/C31H35F7O4/c1-17-2-4-18(5-3-17)21-15-39-29(40-16-21)20-8-11-24(25(32)12-20)19-6-9-22(10-7-19)31(37,38)42-23-13-26(33)28(27(34)14-23)41-30(35)36/h8,11-14,17-19,21-22,29-30H,2-7,9-10,15-16H2,1H3. The molecule has 0 N–H and O–H groups in total. The van der Waals surface area contributed by atoms with Crippen LogP contribution < -0.4 is 9.47 Å². The molecule has 0 radical (unpaired) electrons. The molecular formula is C31H35F7O4. The van der Waals surface area contributed by atoms with Crippen molar-refractivity contribution in [2.45, 2.75) is 83.2 Å². The second-order valence-corrected chi connectivity index (χ2v) is 11.9. The molecular weight excluding hydrogens is 569 g/mol. The minimum absolute atomic E-state index is 0.0213. The van der Waals surface area contributed by atoms with Crippen molar-refractivity contribution < 1.29 is 49.7 Å². The van der Waals surface area contributed by atoms with Crippen LogP contribution in [0.5, 0.6) is 11.5 Å². The van der Waals surface area contributed by atoms with Crippen LogP contribution in [0.4, 0.5) is 30.7 Å². The lowest BCUT2D eigenvalue weighted by molar-refractivity contribution is -0.222. The summed E-state index contributed by atoms with van der Waals surface area (Å²) in [5.41, 5.74) is 0.996. The molecule has 3 fully saturated rings. The summed E-state index contributed by atoms with van der Waals surface area (Å²) in [6.45, 7) is -0.0719. The van der Waals surface area contributed by atoms with Crippen LogP contribution in [-0.2, 0) is 9.47 Å². The number of hydrogen-bond acceptors (Lipinski definition) is 4. The van der Waals surface area contributed by atoms with Crippen molar-refractivity contribution in [1.82, 2.24) is 0 Å². The molecule has 0 aromatic heterocycles. The number of halogens is 7. The van der Waals surface area contributed by atoms with Crippen molar-refractivity contribution in [3.63, 3.8) is 0 Å². The molecule has 0 unspecified atom stereocenters. The van der Waals surface area contributed by atoms with E-state index >= 15 is 4.39 Å². The van der Waals surface area contributed by atoms with Gasteiger partial charge in [0.25, 0.3) is 0 Å². The number of ether oxygens (including phenoxy) is 4. The van der Waals surface area contributed by atoms with Gasteiger partial charge in [-0.3, -0.25) is 0 Å². The van der Waals surface area contributed by atoms with E-state index in [9.17, 15) is 26.3 Å². The van der Waals surface area contributed by atoms with Gasteiger partial charge in [0.1, 0.15) is 11.6 Å². The maximum atomic E-state index is 15.2. The topological polar surface area (TPSA) is 36.9 Å². The molecule has 232 valence electrons. The van der Waals surface area contributed by atoms with Crippen LogP contribution in [0.2, 0.25) is 0 Å². The molecule has 42 heavy (non-hydrogen) atoms. The molecule has 5 rings (SSSR count). The number of alkyl halides is 4. The van der Waals surface area contributed by atoms with E-state index in [0.29, 0.717) is 48.3 Å². The van der Waals surface area contributed by atoms with Gasteiger partial charge in [0, 0.05) is 23.6 Å². The van der Waals surface area contributed by atoms with E-state index in [2.05, 4.69) is 16.4 Å². The third kappa shape index (κ3) is 7.15. The van der Waals surface area contributed by atoms with Crippen molar-refractivity contribution >= 4 is 0 Å². The molecule has 2 aromatic rings. The number of hydrogen-bond donors (Lipinski definition) is 0. The highest BCUT2D eigenvalue weighted by atomic mass is 19.3. The van der Waals surface area contributed by atoms with Gasteiger partial charge in [-0.1, -0.05) is 31.9 Å². The van der Waals surface area contributed by atoms with Crippen molar-refractivity contribution in [3.8, 4) is 11.5 Å². The molecule has 2 saturated carbocycles. The fourth-order valence-electron chi connectivity index (χ4n) is 6.54. The van der Waals surface area contributed by atoms with Crippen molar-refractivity contribution in [1.29, 1.82) is 0 Å². The van der Waals surface area contributed by atoms with Crippen LogP contribution in [0.25, 0.3) is 0 Å². The third-order valence-corrected chi connectivity index (χ3v) is 9.02. The van der Waals surface area contributed by atoms with E-state index in [4.69, 9.17) is 9.47 Å². The van der Waals surface area contributed by atoms with Crippen molar-refractivity contribution in [2.24, 2.45) is 23.7 Å². The average molecular weight is 605 g/mol. The Morgan fingerprint density at radius 3 is 1.98 bits per heavy atom. The maximum absolute atomic E-state index is 15.2. The fraction of sp³-hybridized carbons (Fsp3) is 0.613. The summed E-state index contributed by atoms with van der Waals surface area (Å²) in [4.78, 5) is 0. The number of benzene rings is 2. The molecule has 0 bridgehead atoms. The molecule has 4 nitrogen and oxygen atoms in total. The van der Waals surface area contributed by atoms with Gasteiger partial charge in [-0.15, -0.1) is 0 Å². The molecule has 0 spiro atoms. The third-order valence-electron chi connectivity index (χ3n) is 9.02. The minimum atomic E-state index is -3.79. The molecule has 2 aliphatic carbocycles. The smallest absolute Gasteiger partial charge is 0.400 e. The first-order valence-electron chi connectivity index (χ1n) is 14.5. The summed E-state index contributed by atoms with van der Waals surface area (Å²) in [6, 6.07) is 5.53. The van der Waals surface area contributed by atoms with E-state index in [-0.39, 0.29) is 31.6 Å². The highest BCUT2D eigenvalue weighted by molar-refractivity contribution is 5.35. The normalized spacial score (nSPS) is 29.0. The van der Waals surface area contributed by atoms with E-state index in [1.54, 1.807) is 12.1 Å². The lowest BCUT2D eigenvalue weighted by Gasteiger charge is -2.37. The van der Waals surface area contributed by atoms with Gasteiger partial charge in [-0.05, 0) is 67.9 Å². The fourth-order valence-corrected chi connectivity index (χ4v) is 6.54. The van der Waals surface area contributed by atoms with Gasteiger partial charge in [-0.25, -0.2) is 13.2 Å². The molecule has 1 aliphatic heterocycles. The first-order chi connectivity index (χ1) is 20.0. The van der Waals surface area contributed by atoms with Gasteiger partial charge in [0.2, 0.25) is 0 Å². The van der Waals surface area contributed by atoms with Crippen molar-refractivity contribution in [3.05, 3.63) is 58.9 Å². The first-order valence-corrected chi connectivity index (χ1v) is 14.5. The Balaban J connectivity index is 1.14. The zero-order chi connectivity index (χ0) is 30.0. The monoisotopic (exact) mass is 604 g/mol. The van der Waals surface area contributed by atoms with E-state index in [0.717, 1.165) is 5.92 Å². The lowest BCUT2D eigenvalue weighted by atomic mass is 9.76. The summed E-state index contributed by atoms with van der Waals surface area (Å²) in [5.74, 6) is -5.76. The van der Waals surface area contributed by atoms with Crippen LogP contribution in [0.15, 0.2) is 30.3 Å². The van der Waals surface area contributed by atoms with Crippen LogP contribution in [0.1, 0.15) is 81.6 Å². The Morgan fingerprint density at radius 2 is 1.40 bits per heavy atom. The Labute approximate surface area is 240 Å². The summed E-state index contributed by atoms with van der Waals surface area (Å²) in [6.07, 6.45) is 0.817. The Kier molecular flexibility index (Phi) is 9.56. The number of rotatable bonds is 8. The predicted octanol–water partition coefficient (Wildman–Crippen LogP) is 9.14. The average Bonchev–Trinajstić information content (AvgIpc) is 2.95. The van der Waals surface area contributed by atoms with Crippen LogP contribution >= 0.6 is 0 Å². The Bertz CT molecular complexity index is 1180. The molecule has 0 atom stereocenters. The first kappa shape index (κ1) is 30.9. The highest BCUT2D eigenvalue weighted by Crippen LogP contribution is 2.45. The van der Waals surface area contributed by atoms with Crippen LogP contribution in [0.3, 0.4) is 0 Å². The molecule has 1 heterocycles. The van der Waals surface area contributed by atoms with E-state index in [1.165, 1.54) is 31.7 Å². The van der Waals surface area contributed by atoms with Crippen LogP contribution in [-0.4, -0.2) is 25.9 Å². The van der Waals surface area contributed by atoms with Gasteiger partial charge >= 0.3 is 12.7 Å². The quantitative estimate of drug-likeness (QED) is 0.282. The minimum Gasteiger partial charge on any atom is -0.432 e. The Hall–Kier alpha value is -2.53. The van der Waals surface area contributed by atoms with Crippen molar-refractivity contribution in [2.75, 3.05) is 13.2 Å².